The second kappa shape index (κ2) is 18.6. The number of phenolic OH excluding ortho intramolecular Hbond substituents is 1. The predicted molar refractivity (Wildman–Crippen MR) is 238 cm³/mol. The topological polar surface area (TPSA) is 246 Å². The molecule has 6 aromatic rings. The Morgan fingerprint density at radius 1 is 0.836 bits per heavy atom. The van der Waals surface area contributed by atoms with Crippen molar-refractivity contribution in [2.45, 2.75) is 30.8 Å². The molecule has 16 nitrogen and oxygen atoms in total. The van der Waals surface area contributed by atoms with Gasteiger partial charge in [0, 0.05) is 80.9 Å². The van der Waals surface area contributed by atoms with E-state index in [0.717, 1.165) is 21.7 Å². The number of hydrogen-bond donors (Lipinski definition) is 9. The van der Waals surface area contributed by atoms with E-state index in [9.17, 15) is 39.0 Å². The Labute approximate surface area is 360 Å². The number of aliphatic carboxylic acids is 2. The van der Waals surface area contributed by atoms with Crippen molar-refractivity contribution in [3.05, 3.63) is 95.8 Å². The monoisotopic (exact) mass is 885 g/mol. The van der Waals surface area contributed by atoms with Gasteiger partial charge >= 0.3 is 11.9 Å². The third kappa shape index (κ3) is 9.57. The molecule has 61 heavy (non-hydrogen) atoms. The van der Waals surface area contributed by atoms with Crippen LogP contribution in [0.1, 0.15) is 45.3 Å². The van der Waals surface area contributed by atoms with Crippen LogP contribution in [0.4, 0.5) is 17.1 Å². The first kappa shape index (κ1) is 42.9. The van der Waals surface area contributed by atoms with Crippen LogP contribution in [0.5, 0.6) is 5.75 Å². The van der Waals surface area contributed by atoms with Crippen molar-refractivity contribution in [3.8, 4) is 5.75 Å². The quantitative estimate of drug-likeness (QED) is 0.0287. The Bertz CT molecular complexity index is 2700. The summed E-state index contributed by atoms with van der Waals surface area (Å²) in [4.78, 5) is 82.8. The van der Waals surface area contributed by atoms with Crippen LogP contribution in [-0.2, 0) is 19.2 Å². The van der Waals surface area contributed by atoms with Crippen molar-refractivity contribution in [2.24, 2.45) is 0 Å². The molecule has 0 bridgehead atoms. The van der Waals surface area contributed by atoms with E-state index in [0.29, 0.717) is 68.1 Å². The summed E-state index contributed by atoms with van der Waals surface area (Å²) >= 11 is 6.38. The van der Waals surface area contributed by atoms with Crippen molar-refractivity contribution in [2.75, 3.05) is 46.5 Å². The number of alkyl halides is 1. The van der Waals surface area contributed by atoms with Crippen molar-refractivity contribution < 1.29 is 44.1 Å². The Balaban J connectivity index is 0.925. The fraction of sp³-hybridized carbons (Fsp3) is 0.238. The van der Waals surface area contributed by atoms with Crippen LogP contribution >= 0.6 is 33.2 Å². The second-order valence-corrected chi connectivity index (χ2v) is 17.2. The highest BCUT2D eigenvalue weighted by Crippen LogP contribution is 2.45. The molecule has 0 radical (unpaired) electrons. The number of nitrogens with zero attached hydrogens (tertiary/aromatic N) is 1. The van der Waals surface area contributed by atoms with Crippen LogP contribution in [0.3, 0.4) is 0 Å². The number of H-pyrrole nitrogens is 2. The summed E-state index contributed by atoms with van der Waals surface area (Å²) < 4.78 is 0. The first-order chi connectivity index (χ1) is 29.3. The van der Waals surface area contributed by atoms with Gasteiger partial charge in [-0.2, -0.15) is 0 Å². The molecular weight excluding hydrogens is 846 g/mol. The molecule has 0 spiro atoms. The highest BCUT2D eigenvalue weighted by atomic mass is 35.5. The number of fused-ring (bicyclic) bond motifs is 5. The number of aromatic amines is 2. The van der Waals surface area contributed by atoms with Gasteiger partial charge in [0.15, 0.2) is 0 Å². The van der Waals surface area contributed by atoms with Crippen LogP contribution in [0.25, 0.3) is 32.6 Å². The van der Waals surface area contributed by atoms with E-state index in [2.05, 4.69) is 31.2 Å². The van der Waals surface area contributed by atoms with Crippen molar-refractivity contribution in [1.82, 2.24) is 20.6 Å². The number of rotatable bonds is 17. The molecule has 4 amide bonds. The molecule has 2 aromatic heterocycles. The maximum atomic E-state index is 13.9. The van der Waals surface area contributed by atoms with Gasteiger partial charge in [-0.3, -0.25) is 24.0 Å². The van der Waals surface area contributed by atoms with Gasteiger partial charge in [0.25, 0.3) is 11.8 Å². The number of carbonyl (C=O) groups excluding carboxylic acids is 4. The summed E-state index contributed by atoms with van der Waals surface area (Å²) in [6.07, 6.45) is -0.385. The summed E-state index contributed by atoms with van der Waals surface area (Å²) in [6.45, 7) is 0.361. The molecule has 0 saturated carbocycles. The molecule has 7 rings (SSSR count). The number of halogens is 1. The average molecular weight is 886 g/mol. The average Bonchev–Trinajstić information content (AvgIpc) is 3.97. The first-order valence-corrected chi connectivity index (χ1v) is 22.0. The molecule has 3 heterocycles. The zero-order valence-electron chi connectivity index (χ0n) is 32.4. The van der Waals surface area contributed by atoms with E-state index in [1.807, 2.05) is 24.3 Å². The Hall–Kier alpha value is -6.21. The molecule has 0 saturated heterocycles. The molecule has 316 valence electrons. The van der Waals surface area contributed by atoms with Gasteiger partial charge in [0.1, 0.15) is 23.2 Å². The number of benzene rings is 4. The van der Waals surface area contributed by atoms with E-state index in [-0.39, 0.29) is 41.3 Å². The molecule has 3 atom stereocenters. The molecule has 4 aromatic carbocycles. The lowest BCUT2D eigenvalue weighted by molar-refractivity contribution is -0.142. The van der Waals surface area contributed by atoms with Crippen molar-refractivity contribution in [3.63, 3.8) is 0 Å². The smallest absolute Gasteiger partial charge is 0.327 e. The number of carboxylic acid groups (broad SMARTS) is 2. The fourth-order valence-electron chi connectivity index (χ4n) is 7.23. The van der Waals surface area contributed by atoms with Crippen molar-refractivity contribution in [1.29, 1.82) is 0 Å². The van der Waals surface area contributed by atoms with E-state index in [1.54, 1.807) is 59.5 Å². The van der Waals surface area contributed by atoms with Gasteiger partial charge in [0.2, 0.25) is 11.8 Å². The minimum atomic E-state index is -1.27. The highest BCUT2D eigenvalue weighted by Gasteiger charge is 2.35. The molecule has 9 N–H and O–H groups in total. The Morgan fingerprint density at radius 3 is 2.15 bits per heavy atom. The number of nitrogens with one attached hydrogen (secondary N) is 6. The summed E-state index contributed by atoms with van der Waals surface area (Å²) in [6, 6.07) is 20.6. The SMILES string of the molecule is CN[C@@H](CC(=O)O)C(=O)N[C@@H](CSSCCC(=O)Nc1ccc2[nH]c(C(=O)Nc3ccc4[nH]c(C(=O)N5CC(CCl)c6c5cc(O)c5ccccc65)cc4c3)cc2c1)C(=O)O. The van der Waals surface area contributed by atoms with Gasteiger partial charge in [-0.1, -0.05) is 45.9 Å². The third-order valence-electron chi connectivity index (χ3n) is 10.2. The number of likely N-dealkylation sites (N-methyl/N-ethyl adjacent to an activating group) is 1. The normalized spacial score (nSPS) is 14.5. The summed E-state index contributed by atoms with van der Waals surface area (Å²) in [5.74, 6) is -3.54. The van der Waals surface area contributed by atoms with E-state index in [1.165, 1.54) is 17.8 Å². The molecule has 1 aliphatic rings. The molecule has 1 unspecified atom stereocenters. The van der Waals surface area contributed by atoms with E-state index < -0.39 is 42.3 Å². The second-order valence-electron chi connectivity index (χ2n) is 14.3. The zero-order valence-corrected chi connectivity index (χ0v) is 34.8. The van der Waals surface area contributed by atoms with Crippen LogP contribution in [0, 0.1) is 0 Å². The number of aromatic nitrogens is 2. The minimum Gasteiger partial charge on any atom is -0.507 e. The van der Waals surface area contributed by atoms with Crippen LogP contribution < -0.4 is 26.2 Å². The van der Waals surface area contributed by atoms with Crippen LogP contribution in [0.2, 0.25) is 0 Å². The number of amides is 4. The summed E-state index contributed by atoms with van der Waals surface area (Å²) in [5.41, 5.74) is 4.56. The van der Waals surface area contributed by atoms with E-state index in [4.69, 9.17) is 16.7 Å². The predicted octanol–water partition coefficient (Wildman–Crippen LogP) is 6.09. The Kier molecular flexibility index (Phi) is 13.1. The zero-order chi connectivity index (χ0) is 43.4. The van der Waals surface area contributed by atoms with Gasteiger partial charge in [0.05, 0.1) is 18.2 Å². The molecular formula is C42H40ClN7O9S2. The summed E-state index contributed by atoms with van der Waals surface area (Å²) in [7, 11) is 3.83. The lowest BCUT2D eigenvalue weighted by atomic mass is 9.95. The van der Waals surface area contributed by atoms with E-state index >= 15 is 0 Å². The minimum absolute atomic E-state index is 0.00412. The number of phenols is 1. The molecule has 0 aliphatic carbocycles. The maximum absolute atomic E-state index is 13.9. The van der Waals surface area contributed by atoms with Crippen molar-refractivity contribution >= 4 is 118 Å². The number of anilines is 3. The Morgan fingerprint density at radius 2 is 1.49 bits per heavy atom. The number of carbonyl (C=O) groups is 6. The van der Waals surface area contributed by atoms with Gasteiger partial charge in [-0.15, -0.1) is 11.6 Å². The van der Waals surface area contributed by atoms with Gasteiger partial charge < -0.3 is 51.5 Å². The first-order valence-electron chi connectivity index (χ1n) is 19.0. The standard InChI is InChI=1S/C42H40ClN7O9S2/c1-44-30(16-37(53)54)39(55)49-33(42(58)59)20-61-60-11-10-36(52)45-24-6-8-28-21(12-24)14-31(47-28)40(56)46-25-7-9-29-22(13-25)15-32(48-29)41(57)50-19-23(18-43)38-27-5-3-2-4-26(27)35(51)17-34(38)50/h2-9,12-15,17,23,30,33,44,47-48,51H,10-11,16,18-20H2,1H3,(H,45,52)(H,46,56)(H,49,55)(H,53,54)(H,58,59)/t23?,30-,33-/m0/s1. The van der Waals surface area contributed by atoms with Crippen LogP contribution in [0.15, 0.2) is 78.9 Å². The lowest BCUT2D eigenvalue weighted by Gasteiger charge is -2.18. The fourth-order valence-corrected chi connectivity index (χ4v) is 9.62. The van der Waals surface area contributed by atoms with Gasteiger partial charge in [-0.05, 0) is 66.5 Å². The highest BCUT2D eigenvalue weighted by molar-refractivity contribution is 8.76. The van der Waals surface area contributed by atoms with Crippen LogP contribution in [-0.4, -0.2) is 104 Å². The molecule has 19 heteroatoms. The summed E-state index contributed by atoms with van der Waals surface area (Å²) in [5, 5.41) is 42.8. The number of hydrogen-bond acceptors (Lipinski definition) is 10. The molecule has 1 aliphatic heterocycles. The molecule has 0 fully saturated rings. The third-order valence-corrected chi connectivity index (χ3v) is 13.0. The number of carboxylic acids is 2. The largest absolute Gasteiger partial charge is 0.507 e. The lowest BCUT2D eigenvalue weighted by Crippen LogP contribution is -2.51. The number of aromatic hydroxyl groups is 1. The van der Waals surface area contributed by atoms with Gasteiger partial charge in [-0.25, -0.2) is 4.79 Å². The maximum Gasteiger partial charge on any atom is 0.327 e.